The maximum Gasteiger partial charge on any atom is 0.166 e. The van der Waals surface area contributed by atoms with Gasteiger partial charge in [0.2, 0.25) is 0 Å². The van der Waals surface area contributed by atoms with Crippen LogP contribution in [-0.4, -0.2) is 0 Å². The molecule has 0 heterocycles. The number of benzene rings is 2. The lowest BCUT2D eigenvalue weighted by molar-refractivity contribution is 0.441. The molecule has 0 radical (unpaired) electrons. The summed E-state index contributed by atoms with van der Waals surface area (Å²) in [4.78, 5) is 0. The molecule has 0 bridgehead atoms. The molecule has 4 heteroatoms. The van der Waals surface area contributed by atoms with E-state index >= 15 is 0 Å². The highest BCUT2D eigenvalue weighted by molar-refractivity contribution is 14.1. The van der Waals surface area contributed by atoms with Crippen LogP contribution in [0, 0.1) is 9.39 Å². The summed E-state index contributed by atoms with van der Waals surface area (Å²) in [7, 11) is 0. The molecule has 2 aromatic rings. The molecule has 2 nitrogen and oxygen atoms in total. The molecule has 0 aromatic heterocycles. The van der Waals surface area contributed by atoms with Crippen molar-refractivity contribution in [3.8, 4) is 11.5 Å². The Balaban J connectivity index is 2.22. The molecule has 2 rings (SSSR count). The first-order chi connectivity index (χ1) is 8.56. The van der Waals surface area contributed by atoms with Gasteiger partial charge in [-0.3, -0.25) is 0 Å². The average Bonchev–Trinajstić information content (AvgIpc) is 2.34. The molecule has 0 amide bonds. The fraction of sp³-hybridized carbons (Fsp3) is 0.143. The highest BCUT2D eigenvalue weighted by Gasteiger charge is 2.08. The van der Waals surface area contributed by atoms with E-state index in [1.807, 2.05) is 19.1 Å². The molecule has 0 unspecified atom stereocenters. The van der Waals surface area contributed by atoms with Crippen LogP contribution in [0.5, 0.6) is 11.5 Å². The quantitative estimate of drug-likeness (QED) is 0.834. The monoisotopic (exact) mass is 357 g/mol. The Morgan fingerprint density at radius 3 is 2.39 bits per heavy atom. The molecule has 2 aromatic carbocycles. The minimum atomic E-state index is -0.400. The zero-order chi connectivity index (χ0) is 13.1. The molecular formula is C14H13FINO. The van der Waals surface area contributed by atoms with Crippen LogP contribution in [0.1, 0.15) is 18.5 Å². The smallest absolute Gasteiger partial charge is 0.166 e. The van der Waals surface area contributed by atoms with Crippen LogP contribution >= 0.6 is 22.6 Å². The molecule has 0 aliphatic heterocycles. The van der Waals surface area contributed by atoms with Gasteiger partial charge >= 0.3 is 0 Å². The van der Waals surface area contributed by atoms with Gasteiger partial charge in [0, 0.05) is 9.61 Å². The second-order valence-electron chi connectivity index (χ2n) is 4.03. The molecular weight excluding hydrogens is 344 g/mol. The molecule has 0 aliphatic carbocycles. The fourth-order valence-corrected chi connectivity index (χ4v) is 1.87. The second kappa shape index (κ2) is 5.67. The van der Waals surface area contributed by atoms with Crippen LogP contribution in [0.3, 0.4) is 0 Å². The van der Waals surface area contributed by atoms with E-state index in [1.54, 1.807) is 24.3 Å². The van der Waals surface area contributed by atoms with Crippen LogP contribution in [0.4, 0.5) is 4.39 Å². The lowest BCUT2D eigenvalue weighted by atomic mass is 10.1. The van der Waals surface area contributed by atoms with Crippen molar-refractivity contribution in [2.45, 2.75) is 13.0 Å². The highest BCUT2D eigenvalue weighted by atomic mass is 127. The summed E-state index contributed by atoms with van der Waals surface area (Å²) in [6.45, 7) is 1.81. The van der Waals surface area contributed by atoms with E-state index < -0.39 is 5.82 Å². The van der Waals surface area contributed by atoms with Crippen molar-refractivity contribution in [3.63, 3.8) is 0 Å². The van der Waals surface area contributed by atoms with Crippen molar-refractivity contribution in [2.75, 3.05) is 0 Å². The summed E-state index contributed by atoms with van der Waals surface area (Å²) in [5, 5.41) is 0. The van der Waals surface area contributed by atoms with E-state index in [0.29, 0.717) is 5.75 Å². The van der Waals surface area contributed by atoms with Crippen LogP contribution in [0.15, 0.2) is 42.5 Å². The van der Waals surface area contributed by atoms with Gasteiger partial charge < -0.3 is 10.5 Å². The summed E-state index contributed by atoms with van der Waals surface area (Å²) in [6.07, 6.45) is 0. The normalized spacial score (nSPS) is 12.2. The Kier molecular flexibility index (Phi) is 4.19. The molecule has 94 valence electrons. The molecule has 18 heavy (non-hydrogen) atoms. The third-order valence-electron chi connectivity index (χ3n) is 2.52. The number of nitrogens with two attached hydrogens (primary N) is 1. The number of ether oxygens (including phenoxy) is 1. The maximum atomic E-state index is 13.8. The molecule has 0 spiro atoms. The Morgan fingerprint density at radius 2 is 1.83 bits per heavy atom. The minimum absolute atomic E-state index is 0.188. The van der Waals surface area contributed by atoms with Crippen molar-refractivity contribution in [2.24, 2.45) is 5.73 Å². The standard InChI is InChI=1S/C14H13FINO/c1-9(17)10-2-7-14(13(15)8-10)18-12-5-3-11(16)4-6-12/h2-9H,17H2,1H3/t9-/m1/s1. The van der Waals surface area contributed by atoms with Crippen LogP contribution in [0.2, 0.25) is 0 Å². The first-order valence-electron chi connectivity index (χ1n) is 5.54. The third-order valence-corrected chi connectivity index (χ3v) is 3.24. The van der Waals surface area contributed by atoms with Gasteiger partial charge in [0.25, 0.3) is 0 Å². The highest BCUT2D eigenvalue weighted by Crippen LogP contribution is 2.26. The largest absolute Gasteiger partial charge is 0.454 e. The maximum absolute atomic E-state index is 13.8. The van der Waals surface area contributed by atoms with Gasteiger partial charge in [-0.15, -0.1) is 0 Å². The predicted octanol–water partition coefficient (Wildman–Crippen LogP) is 4.24. The predicted molar refractivity (Wildman–Crippen MR) is 78.2 cm³/mol. The lowest BCUT2D eigenvalue weighted by Gasteiger charge is -2.10. The third kappa shape index (κ3) is 3.20. The first kappa shape index (κ1) is 13.3. The minimum Gasteiger partial charge on any atom is -0.454 e. The van der Waals surface area contributed by atoms with Crippen molar-refractivity contribution < 1.29 is 9.13 Å². The summed E-state index contributed by atoms with van der Waals surface area (Å²) < 4.78 is 20.4. The van der Waals surface area contributed by atoms with Crippen molar-refractivity contribution in [3.05, 3.63) is 57.4 Å². The van der Waals surface area contributed by atoms with Gasteiger partial charge in [-0.1, -0.05) is 6.07 Å². The van der Waals surface area contributed by atoms with E-state index in [2.05, 4.69) is 22.6 Å². The zero-order valence-electron chi connectivity index (χ0n) is 9.86. The van der Waals surface area contributed by atoms with Crippen LogP contribution < -0.4 is 10.5 Å². The van der Waals surface area contributed by atoms with Gasteiger partial charge in [0.05, 0.1) is 0 Å². The Morgan fingerprint density at radius 1 is 1.17 bits per heavy atom. The zero-order valence-corrected chi connectivity index (χ0v) is 12.0. The Bertz CT molecular complexity index is 540. The van der Waals surface area contributed by atoms with Crippen LogP contribution in [-0.2, 0) is 0 Å². The van der Waals surface area contributed by atoms with Gasteiger partial charge in [-0.2, -0.15) is 0 Å². The van der Waals surface area contributed by atoms with E-state index in [0.717, 1.165) is 9.13 Å². The van der Waals surface area contributed by atoms with Crippen molar-refractivity contribution in [1.82, 2.24) is 0 Å². The molecule has 0 saturated carbocycles. The summed E-state index contributed by atoms with van der Waals surface area (Å²) in [5.74, 6) is 0.423. The van der Waals surface area contributed by atoms with Crippen molar-refractivity contribution in [1.29, 1.82) is 0 Å². The topological polar surface area (TPSA) is 35.2 Å². The number of hydrogen-bond donors (Lipinski definition) is 1. The summed E-state index contributed by atoms with van der Waals surface area (Å²) in [6, 6.07) is 12.0. The molecule has 2 N–H and O–H groups in total. The Hall–Kier alpha value is -1.14. The molecule has 0 saturated heterocycles. The molecule has 0 aliphatic rings. The summed E-state index contributed by atoms with van der Waals surface area (Å²) in [5.41, 5.74) is 6.45. The van der Waals surface area contributed by atoms with Gasteiger partial charge in [-0.25, -0.2) is 4.39 Å². The molecule has 0 fully saturated rings. The summed E-state index contributed by atoms with van der Waals surface area (Å²) >= 11 is 2.20. The first-order valence-corrected chi connectivity index (χ1v) is 6.62. The van der Waals surface area contributed by atoms with Gasteiger partial charge in [-0.05, 0) is 71.5 Å². The van der Waals surface area contributed by atoms with Crippen molar-refractivity contribution >= 4 is 22.6 Å². The second-order valence-corrected chi connectivity index (χ2v) is 5.28. The molecule has 1 atom stereocenters. The van der Waals surface area contributed by atoms with Gasteiger partial charge in [0.15, 0.2) is 11.6 Å². The van der Waals surface area contributed by atoms with E-state index in [4.69, 9.17) is 10.5 Å². The Labute approximate surface area is 119 Å². The van der Waals surface area contributed by atoms with E-state index in [9.17, 15) is 4.39 Å². The van der Waals surface area contributed by atoms with E-state index in [1.165, 1.54) is 6.07 Å². The number of halogens is 2. The van der Waals surface area contributed by atoms with Gasteiger partial charge in [0.1, 0.15) is 5.75 Å². The average molecular weight is 357 g/mol. The number of hydrogen-bond acceptors (Lipinski definition) is 2. The SMILES string of the molecule is C[C@@H](N)c1ccc(Oc2ccc(I)cc2)c(F)c1. The lowest BCUT2D eigenvalue weighted by Crippen LogP contribution is -2.05. The van der Waals surface area contributed by atoms with Crippen LogP contribution in [0.25, 0.3) is 0 Å². The fourth-order valence-electron chi connectivity index (χ4n) is 1.51. The van der Waals surface area contributed by atoms with E-state index in [-0.39, 0.29) is 11.8 Å². The number of rotatable bonds is 3.